The highest BCUT2D eigenvalue weighted by atomic mass is 16.1. The van der Waals surface area contributed by atoms with Gasteiger partial charge in [-0.05, 0) is 25.0 Å². The molecule has 1 unspecified atom stereocenters. The zero-order chi connectivity index (χ0) is 14.4. The van der Waals surface area contributed by atoms with Gasteiger partial charge in [-0.25, -0.2) is 4.68 Å². The molecular formula is C15H20N4O. The Morgan fingerprint density at radius 3 is 2.70 bits per heavy atom. The number of amides is 1. The summed E-state index contributed by atoms with van der Waals surface area (Å²) in [4.78, 5) is 10.7. The van der Waals surface area contributed by atoms with Crippen molar-refractivity contribution in [2.24, 2.45) is 11.5 Å². The smallest absolute Gasteiger partial charge is 0.217 e. The number of primary amides is 1. The summed E-state index contributed by atoms with van der Waals surface area (Å²) < 4.78 is 1.82. The van der Waals surface area contributed by atoms with Gasteiger partial charge in [-0.1, -0.05) is 24.6 Å². The molecule has 1 heterocycles. The molecule has 0 saturated carbocycles. The molecule has 0 aliphatic rings. The number of hydrogen-bond acceptors (Lipinski definition) is 3. The molecule has 0 bridgehead atoms. The van der Waals surface area contributed by atoms with Crippen LogP contribution >= 0.6 is 0 Å². The van der Waals surface area contributed by atoms with Crippen LogP contribution in [0.4, 0.5) is 0 Å². The summed E-state index contributed by atoms with van der Waals surface area (Å²) in [5.74, 6) is -0.254. The number of nitrogens with two attached hydrogens (primary N) is 2. The number of benzene rings is 1. The third-order valence-corrected chi connectivity index (χ3v) is 3.24. The number of para-hydroxylation sites is 1. The molecule has 5 heteroatoms. The van der Waals surface area contributed by atoms with Gasteiger partial charge >= 0.3 is 0 Å². The molecule has 2 rings (SSSR count). The fourth-order valence-electron chi connectivity index (χ4n) is 2.08. The zero-order valence-corrected chi connectivity index (χ0v) is 11.4. The van der Waals surface area contributed by atoms with Gasteiger partial charge in [0.1, 0.15) is 0 Å². The van der Waals surface area contributed by atoms with Crippen LogP contribution in [0, 0.1) is 0 Å². The van der Waals surface area contributed by atoms with Gasteiger partial charge in [-0.2, -0.15) is 5.10 Å². The van der Waals surface area contributed by atoms with Crippen molar-refractivity contribution in [3.05, 3.63) is 48.3 Å². The van der Waals surface area contributed by atoms with Crippen molar-refractivity contribution in [1.82, 2.24) is 9.78 Å². The van der Waals surface area contributed by atoms with Gasteiger partial charge in [-0.15, -0.1) is 0 Å². The Bertz CT molecular complexity index is 550. The van der Waals surface area contributed by atoms with Gasteiger partial charge in [0.2, 0.25) is 5.91 Å². The van der Waals surface area contributed by atoms with Crippen LogP contribution in [0.15, 0.2) is 42.7 Å². The van der Waals surface area contributed by atoms with Crippen LogP contribution in [0.1, 0.15) is 37.3 Å². The van der Waals surface area contributed by atoms with E-state index in [4.69, 9.17) is 11.5 Å². The maximum atomic E-state index is 10.7. The van der Waals surface area contributed by atoms with E-state index in [1.807, 2.05) is 41.2 Å². The number of hydrogen-bond donors (Lipinski definition) is 2. The zero-order valence-electron chi connectivity index (χ0n) is 11.4. The lowest BCUT2D eigenvalue weighted by molar-refractivity contribution is -0.118. The Morgan fingerprint density at radius 2 is 2.00 bits per heavy atom. The van der Waals surface area contributed by atoms with E-state index in [0.717, 1.165) is 30.5 Å². The lowest BCUT2D eigenvalue weighted by Crippen LogP contribution is -2.12. The van der Waals surface area contributed by atoms with Crippen molar-refractivity contribution in [3.63, 3.8) is 0 Å². The van der Waals surface area contributed by atoms with Crippen molar-refractivity contribution >= 4 is 5.91 Å². The molecule has 0 aliphatic carbocycles. The fraction of sp³-hybridized carbons (Fsp3) is 0.333. The summed E-state index contributed by atoms with van der Waals surface area (Å²) in [5, 5.41) is 4.33. The number of aromatic nitrogens is 2. The van der Waals surface area contributed by atoms with Crippen molar-refractivity contribution < 1.29 is 4.79 Å². The summed E-state index contributed by atoms with van der Waals surface area (Å²) >= 11 is 0. The Kier molecular flexibility index (Phi) is 4.90. The van der Waals surface area contributed by atoms with Crippen molar-refractivity contribution in [2.45, 2.75) is 31.7 Å². The summed E-state index contributed by atoms with van der Waals surface area (Å²) in [6.07, 6.45) is 6.68. The normalized spacial score (nSPS) is 12.2. The van der Waals surface area contributed by atoms with Crippen molar-refractivity contribution in [1.29, 1.82) is 0 Å². The highest BCUT2D eigenvalue weighted by Gasteiger charge is 2.09. The molecule has 0 fully saturated rings. The van der Waals surface area contributed by atoms with E-state index >= 15 is 0 Å². The molecule has 1 aromatic heterocycles. The van der Waals surface area contributed by atoms with Gasteiger partial charge in [0.25, 0.3) is 0 Å². The van der Waals surface area contributed by atoms with Crippen LogP contribution in [-0.2, 0) is 4.79 Å². The highest BCUT2D eigenvalue weighted by molar-refractivity contribution is 5.73. The van der Waals surface area contributed by atoms with Gasteiger partial charge in [-0.3, -0.25) is 4.79 Å². The van der Waals surface area contributed by atoms with Gasteiger partial charge in [0.05, 0.1) is 11.9 Å². The molecule has 0 radical (unpaired) electrons. The number of carbonyl (C=O) groups excluding carboxylic acids is 1. The van der Waals surface area contributed by atoms with Crippen LogP contribution < -0.4 is 11.5 Å². The second-order valence-corrected chi connectivity index (χ2v) is 4.87. The Balaban J connectivity index is 1.90. The molecule has 0 aliphatic heterocycles. The van der Waals surface area contributed by atoms with Gasteiger partial charge in [0, 0.05) is 24.2 Å². The Labute approximate surface area is 118 Å². The number of carbonyl (C=O) groups is 1. The lowest BCUT2D eigenvalue weighted by atomic mass is 10.0. The summed E-state index contributed by atoms with van der Waals surface area (Å²) in [7, 11) is 0. The monoisotopic (exact) mass is 272 g/mol. The van der Waals surface area contributed by atoms with E-state index in [2.05, 4.69) is 5.10 Å². The SMILES string of the molecule is NC(=O)CCCCC(N)c1cnn(-c2ccccc2)c1. The minimum Gasteiger partial charge on any atom is -0.370 e. The molecular weight excluding hydrogens is 252 g/mol. The van der Waals surface area contributed by atoms with Crippen molar-refractivity contribution in [3.8, 4) is 5.69 Å². The molecule has 4 N–H and O–H groups in total. The topological polar surface area (TPSA) is 86.9 Å². The quantitative estimate of drug-likeness (QED) is 0.755. The maximum absolute atomic E-state index is 10.7. The Morgan fingerprint density at radius 1 is 1.25 bits per heavy atom. The van der Waals surface area contributed by atoms with Crippen LogP contribution in [0.25, 0.3) is 5.69 Å². The molecule has 2 aromatic rings. The predicted molar refractivity (Wildman–Crippen MR) is 78.2 cm³/mol. The standard InChI is InChI=1S/C15H20N4O/c16-14(8-4-5-9-15(17)20)12-10-18-19(11-12)13-6-2-1-3-7-13/h1-3,6-7,10-11,14H,4-5,8-9,16H2,(H2,17,20). The first-order valence-corrected chi connectivity index (χ1v) is 6.80. The van der Waals surface area contributed by atoms with E-state index in [9.17, 15) is 4.79 Å². The van der Waals surface area contributed by atoms with Crippen LogP contribution in [0.3, 0.4) is 0 Å². The molecule has 1 amide bonds. The molecule has 1 aromatic carbocycles. The minimum atomic E-state index is -0.254. The van der Waals surface area contributed by atoms with E-state index in [0.29, 0.717) is 6.42 Å². The number of rotatable bonds is 7. The molecule has 5 nitrogen and oxygen atoms in total. The third-order valence-electron chi connectivity index (χ3n) is 3.24. The Hall–Kier alpha value is -2.14. The summed E-state index contributed by atoms with van der Waals surface area (Å²) in [5.41, 5.74) is 13.3. The highest BCUT2D eigenvalue weighted by Crippen LogP contribution is 2.18. The third kappa shape index (κ3) is 3.93. The lowest BCUT2D eigenvalue weighted by Gasteiger charge is -2.08. The van der Waals surface area contributed by atoms with Gasteiger partial charge in [0.15, 0.2) is 0 Å². The van der Waals surface area contributed by atoms with E-state index in [1.165, 1.54) is 0 Å². The van der Waals surface area contributed by atoms with E-state index in [-0.39, 0.29) is 11.9 Å². The van der Waals surface area contributed by atoms with E-state index in [1.54, 1.807) is 6.20 Å². The average Bonchev–Trinajstić information content (AvgIpc) is 2.94. The first kappa shape index (κ1) is 14.3. The molecule has 1 atom stereocenters. The van der Waals surface area contributed by atoms with Crippen LogP contribution in [0.2, 0.25) is 0 Å². The van der Waals surface area contributed by atoms with Crippen LogP contribution in [-0.4, -0.2) is 15.7 Å². The predicted octanol–water partition coefficient (Wildman–Crippen LogP) is 1.92. The number of nitrogens with zero attached hydrogens (tertiary/aromatic N) is 2. The second kappa shape index (κ2) is 6.86. The molecule has 0 spiro atoms. The second-order valence-electron chi connectivity index (χ2n) is 4.87. The van der Waals surface area contributed by atoms with Crippen molar-refractivity contribution in [2.75, 3.05) is 0 Å². The molecule has 0 saturated heterocycles. The van der Waals surface area contributed by atoms with Gasteiger partial charge < -0.3 is 11.5 Å². The minimum absolute atomic E-state index is 0.0552. The summed E-state index contributed by atoms with van der Waals surface area (Å²) in [6, 6.07) is 9.85. The average molecular weight is 272 g/mol. The fourth-order valence-corrected chi connectivity index (χ4v) is 2.08. The first-order chi connectivity index (χ1) is 9.66. The number of unbranched alkanes of at least 4 members (excludes halogenated alkanes) is 1. The maximum Gasteiger partial charge on any atom is 0.217 e. The summed E-state index contributed by atoms with van der Waals surface area (Å²) in [6.45, 7) is 0. The largest absolute Gasteiger partial charge is 0.370 e. The molecule has 106 valence electrons. The van der Waals surface area contributed by atoms with Crippen LogP contribution in [0.5, 0.6) is 0 Å². The molecule has 20 heavy (non-hydrogen) atoms. The van der Waals surface area contributed by atoms with E-state index < -0.39 is 0 Å². The first-order valence-electron chi connectivity index (χ1n) is 6.80.